The monoisotopic (exact) mass is 358 g/mol. The number of benzene rings is 1. The molecule has 1 heterocycles. The molecule has 1 aliphatic heterocycles. The lowest BCUT2D eigenvalue weighted by atomic mass is 9.86. The van der Waals surface area contributed by atoms with E-state index in [1.54, 1.807) is 4.90 Å². The van der Waals surface area contributed by atoms with Crippen molar-refractivity contribution in [1.29, 1.82) is 0 Å². The second-order valence-electron chi connectivity index (χ2n) is 7.28. The Labute approximate surface area is 153 Å². The highest BCUT2D eigenvalue weighted by molar-refractivity contribution is 6.00. The van der Waals surface area contributed by atoms with Gasteiger partial charge in [0.2, 0.25) is 11.8 Å². The molecular weight excluding hydrogens is 332 g/mol. The number of amides is 2. The number of carboxylic acids is 1. The number of anilines is 1. The molecule has 2 fully saturated rings. The van der Waals surface area contributed by atoms with Crippen LogP contribution in [0.15, 0.2) is 24.3 Å². The minimum absolute atomic E-state index is 0.0133. The Hall–Kier alpha value is -2.37. The Kier molecular flexibility index (Phi) is 5.59. The molecular formula is C20H26N2O4. The van der Waals surface area contributed by atoms with Crippen molar-refractivity contribution in [1.82, 2.24) is 5.32 Å². The van der Waals surface area contributed by atoms with Crippen LogP contribution in [-0.2, 0) is 20.8 Å². The van der Waals surface area contributed by atoms with Gasteiger partial charge in [-0.3, -0.25) is 14.4 Å². The van der Waals surface area contributed by atoms with Gasteiger partial charge in [-0.05, 0) is 43.7 Å². The molecule has 6 nitrogen and oxygen atoms in total. The highest BCUT2D eigenvalue weighted by Crippen LogP contribution is 2.29. The number of hydrogen-bond acceptors (Lipinski definition) is 3. The maximum Gasteiger partial charge on any atom is 0.306 e. The smallest absolute Gasteiger partial charge is 0.306 e. The maximum absolute atomic E-state index is 12.6. The topological polar surface area (TPSA) is 86.7 Å². The quantitative estimate of drug-likeness (QED) is 0.846. The summed E-state index contributed by atoms with van der Waals surface area (Å²) in [5, 5.41) is 12.1. The fraction of sp³-hybridized carbons (Fsp3) is 0.550. The van der Waals surface area contributed by atoms with Crippen molar-refractivity contribution in [2.75, 3.05) is 11.4 Å². The van der Waals surface area contributed by atoms with E-state index in [-0.39, 0.29) is 36.1 Å². The van der Waals surface area contributed by atoms with Crippen molar-refractivity contribution in [2.45, 2.75) is 51.5 Å². The number of carbonyl (C=O) groups is 3. The van der Waals surface area contributed by atoms with E-state index >= 15 is 0 Å². The molecule has 1 saturated carbocycles. The molecule has 1 saturated heterocycles. The number of rotatable bonds is 5. The summed E-state index contributed by atoms with van der Waals surface area (Å²) in [5.41, 5.74) is 2.01. The number of aliphatic carboxylic acids is 1. The van der Waals surface area contributed by atoms with Crippen molar-refractivity contribution in [3.63, 3.8) is 0 Å². The van der Waals surface area contributed by atoms with Crippen molar-refractivity contribution in [3.8, 4) is 0 Å². The van der Waals surface area contributed by atoms with Crippen LogP contribution < -0.4 is 10.2 Å². The van der Waals surface area contributed by atoms with Crippen molar-refractivity contribution >= 4 is 23.5 Å². The van der Waals surface area contributed by atoms with Gasteiger partial charge in [0.15, 0.2) is 0 Å². The van der Waals surface area contributed by atoms with Gasteiger partial charge >= 0.3 is 5.97 Å². The zero-order valence-electron chi connectivity index (χ0n) is 15.1. The third kappa shape index (κ3) is 3.89. The van der Waals surface area contributed by atoms with E-state index < -0.39 is 5.97 Å². The van der Waals surface area contributed by atoms with Gasteiger partial charge in [-0.2, -0.15) is 0 Å². The van der Waals surface area contributed by atoms with Gasteiger partial charge in [-0.1, -0.05) is 25.1 Å². The highest BCUT2D eigenvalue weighted by atomic mass is 16.4. The molecule has 2 amide bonds. The number of aryl methyl sites for hydroxylation is 1. The normalized spacial score (nSPS) is 26.0. The van der Waals surface area contributed by atoms with Crippen LogP contribution in [-0.4, -0.2) is 35.5 Å². The van der Waals surface area contributed by atoms with Crippen LogP contribution in [0.3, 0.4) is 0 Å². The second kappa shape index (κ2) is 7.89. The number of para-hydroxylation sites is 1. The first-order valence-corrected chi connectivity index (χ1v) is 9.41. The van der Waals surface area contributed by atoms with Crippen LogP contribution in [0.25, 0.3) is 0 Å². The highest BCUT2D eigenvalue weighted by Gasteiger charge is 2.37. The van der Waals surface area contributed by atoms with Gasteiger partial charge < -0.3 is 15.3 Å². The number of nitrogens with one attached hydrogen (secondary N) is 1. The lowest BCUT2D eigenvalue weighted by Crippen LogP contribution is -2.42. The maximum atomic E-state index is 12.6. The molecule has 3 rings (SSSR count). The van der Waals surface area contributed by atoms with Crippen molar-refractivity contribution in [2.24, 2.45) is 11.8 Å². The summed E-state index contributed by atoms with van der Waals surface area (Å²) < 4.78 is 0. The Morgan fingerprint density at radius 3 is 2.50 bits per heavy atom. The first-order chi connectivity index (χ1) is 12.5. The van der Waals surface area contributed by atoms with Crippen LogP contribution in [0.1, 0.15) is 44.6 Å². The molecule has 2 N–H and O–H groups in total. The van der Waals surface area contributed by atoms with Gasteiger partial charge in [0.1, 0.15) is 0 Å². The van der Waals surface area contributed by atoms with E-state index in [9.17, 15) is 14.4 Å². The Balaban J connectivity index is 1.58. The summed E-state index contributed by atoms with van der Waals surface area (Å²) in [6.45, 7) is 2.46. The summed E-state index contributed by atoms with van der Waals surface area (Å²) in [7, 11) is 0. The molecule has 0 bridgehead atoms. The molecule has 1 aromatic carbocycles. The Morgan fingerprint density at radius 2 is 1.85 bits per heavy atom. The fourth-order valence-corrected chi connectivity index (χ4v) is 3.99. The van der Waals surface area contributed by atoms with Gasteiger partial charge in [0, 0.05) is 24.7 Å². The molecule has 26 heavy (non-hydrogen) atoms. The molecule has 0 aromatic heterocycles. The fourth-order valence-electron chi connectivity index (χ4n) is 3.99. The van der Waals surface area contributed by atoms with E-state index in [0.29, 0.717) is 32.2 Å². The lowest BCUT2D eigenvalue weighted by molar-refractivity contribution is -0.142. The van der Waals surface area contributed by atoms with Gasteiger partial charge in [-0.15, -0.1) is 0 Å². The number of hydrogen-bond donors (Lipinski definition) is 2. The molecule has 1 atom stereocenters. The number of carboxylic acid groups (broad SMARTS) is 1. The van der Waals surface area contributed by atoms with Crippen molar-refractivity contribution in [3.05, 3.63) is 29.8 Å². The van der Waals surface area contributed by atoms with E-state index in [4.69, 9.17) is 5.11 Å². The number of nitrogens with zero attached hydrogens (tertiary/aromatic N) is 1. The van der Waals surface area contributed by atoms with Gasteiger partial charge in [-0.25, -0.2) is 0 Å². The second-order valence-corrected chi connectivity index (χ2v) is 7.28. The van der Waals surface area contributed by atoms with Crippen LogP contribution >= 0.6 is 0 Å². The Morgan fingerprint density at radius 1 is 1.15 bits per heavy atom. The first-order valence-electron chi connectivity index (χ1n) is 9.41. The SMILES string of the molecule is CCc1ccccc1N1CC(C(=O)NC2CCC(C(=O)O)CC2)CC1=O. The van der Waals surface area contributed by atoms with E-state index in [1.807, 2.05) is 24.3 Å². The third-order valence-electron chi connectivity index (χ3n) is 5.58. The average Bonchev–Trinajstić information content (AvgIpc) is 3.04. The lowest BCUT2D eigenvalue weighted by Gasteiger charge is -2.27. The minimum atomic E-state index is -0.749. The summed E-state index contributed by atoms with van der Waals surface area (Å²) >= 11 is 0. The molecule has 6 heteroatoms. The van der Waals surface area contributed by atoms with Crippen LogP contribution in [0, 0.1) is 11.8 Å². The van der Waals surface area contributed by atoms with E-state index in [1.165, 1.54) is 0 Å². The standard InChI is InChI=1S/C20H26N2O4/c1-2-13-5-3-4-6-17(13)22-12-15(11-18(22)23)19(24)21-16-9-7-14(8-10-16)20(25)26/h3-6,14-16H,2,7-12H2,1H3,(H,21,24)(H,25,26). The van der Waals surface area contributed by atoms with Crippen LogP contribution in [0.5, 0.6) is 0 Å². The Bertz CT molecular complexity index is 695. The average molecular weight is 358 g/mol. The predicted octanol–water partition coefficient (Wildman–Crippen LogP) is 2.36. The summed E-state index contributed by atoms with van der Waals surface area (Å²) in [5.74, 6) is -1.49. The van der Waals surface area contributed by atoms with E-state index in [0.717, 1.165) is 17.7 Å². The molecule has 2 aliphatic rings. The number of carbonyl (C=O) groups excluding carboxylic acids is 2. The summed E-state index contributed by atoms with van der Waals surface area (Å²) in [4.78, 5) is 37.8. The zero-order valence-corrected chi connectivity index (χ0v) is 15.1. The summed E-state index contributed by atoms with van der Waals surface area (Å²) in [6, 6.07) is 7.84. The minimum Gasteiger partial charge on any atom is -0.481 e. The predicted molar refractivity (Wildman–Crippen MR) is 97.8 cm³/mol. The zero-order chi connectivity index (χ0) is 18.7. The first kappa shape index (κ1) is 18.4. The van der Waals surface area contributed by atoms with Crippen LogP contribution in [0.2, 0.25) is 0 Å². The molecule has 0 spiro atoms. The van der Waals surface area contributed by atoms with Crippen molar-refractivity contribution < 1.29 is 19.5 Å². The van der Waals surface area contributed by atoms with E-state index in [2.05, 4.69) is 12.2 Å². The molecule has 140 valence electrons. The molecule has 0 radical (unpaired) electrons. The molecule has 1 unspecified atom stereocenters. The molecule has 1 aromatic rings. The largest absolute Gasteiger partial charge is 0.481 e. The van der Waals surface area contributed by atoms with Crippen LogP contribution in [0.4, 0.5) is 5.69 Å². The third-order valence-corrected chi connectivity index (χ3v) is 5.58. The van der Waals surface area contributed by atoms with Gasteiger partial charge in [0.05, 0.1) is 11.8 Å². The summed E-state index contributed by atoms with van der Waals surface area (Å²) in [6.07, 6.45) is 3.63. The van der Waals surface area contributed by atoms with Gasteiger partial charge in [0.25, 0.3) is 0 Å². The molecule has 1 aliphatic carbocycles.